The molecule has 0 spiro atoms. The van der Waals surface area contributed by atoms with Crippen LogP contribution in [0.15, 0.2) is 6.07 Å². The second-order valence-corrected chi connectivity index (χ2v) is 3.35. The van der Waals surface area contributed by atoms with E-state index in [4.69, 9.17) is 5.73 Å². The van der Waals surface area contributed by atoms with Crippen LogP contribution < -0.4 is 5.73 Å². The lowest BCUT2D eigenvalue weighted by Gasteiger charge is -2.06. The molecule has 0 bridgehead atoms. The summed E-state index contributed by atoms with van der Waals surface area (Å²) in [7, 11) is 0. The largest absolute Gasteiger partial charge is 0.398 e. The monoisotopic (exact) mass is 179 g/mol. The summed E-state index contributed by atoms with van der Waals surface area (Å²) in [4.78, 5) is 11.3. The predicted octanol–water partition coefficient (Wildman–Crippen LogP) is 1.85. The molecule has 0 saturated carbocycles. The van der Waals surface area contributed by atoms with E-state index in [1.165, 1.54) is 0 Å². The Balaban J connectivity index is 2.74. The summed E-state index contributed by atoms with van der Waals surface area (Å²) in [6, 6.07) is 1.59. The van der Waals surface area contributed by atoms with Gasteiger partial charge in [0.05, 0.1) is 0 Å². The summed E-state index contributed by atoms with van der Waals surface area (Å²) in [5.41, 5.74) is 7.39. The number of carbonyl (C=O) groups excluding carboxylic acids is 1. The van der Waals surface area contributed by atoms with Crippen LogP contribution in [0.4, 0.5) is 10.1 Å². The van der Waals surface area contributed by atoms with Gasteiger partial charge in [0.15, 0.2) is 5.78 Å². The van der Waals surface area contributed by atoms with Gasteiger partial charge in [-0.25, -0.2) is 4.39 Å². The number of carbonyl (C=O) groups is 1. The maximum atomic E-state index is 13.5. The van der Waals surface area contributed by atoms with Crippen molar-refractivity contribution in [3.05, 3.63) is 28.6 Å². The molecule has 0 amide bonds. The minimum absolute atomic E-state index is 0.000556. The molecule has 0 heterocycles. The SMILES string of the molecule is Cc1c(N)cc2c(c1F)CCC2=O. The lowest BCUT2D eigenvalue weighted by Crippen LogP contribution is -2.00. The fraction of sp³-hybridized carbons (Fsp3) is 0.300. The Labute approximate surface area is 75.6 Å². The molecule has 0 fully saturated rings. The van der Waals surface area contributed by atoms with Crippen LogP contribution in [0.25, 0.3) is 0 Å². The Morgan fingerprint density at radius 2 is 2.15 bits per heavy atom. The number of halogens is 1. The first-order chi connectivity index (χ1) is 6.11. The molecule has 1 aliphatic rings. The Bertz CT molecular complexity index is 398. The van der Waals surface area contributed by atoms with Gasteiger partial charge in [-0.05, 0) is 25.0 Å². The average molecular weight is 179 g/mol. The van der Waals surface area contributed by atoms with Crippen molar-refractivity contribution < 1.29 is 9.18 Å². The molecule has 3 heteroatoms. The molecule has 1 aliphatic carbocycles. The van der Waals surface area contributed by atoms with Gasteiger partial charge in [-0.15, -0.1) is 0 Å². The van der Waals surface area contributed by atoms with Crippen LogP contribution in [0.2, 0.25) is 0 Å². The van der Waals surface area contributed by atoms with Gasteiger partial charge in [0.2, 0.25) is 0 Å². The Kier molecular flexibility index (Phi) is 1.62. The summed E-state index contributed by atoms with van der Waals surface area (Å²) < 4.78 is 13.5. The topological polar surface area (TPSA) is 43.1 Å². The number of nitrogen functional groups attached to an aromatic ring is 1. The molecule has 0 radical (unpaired) electrons. The number of rotatable bonds is 0. The van der Waals surface area contributed by atoms with Crippen LogP contribution in [0.1, 0.15) is 27.9 Å². The molecule has 0 saturated heterocycles. The number of ketones is 1. The smallest absolute Gasteiger partial charge is 0.163 e. The molecule has 2 N–H and O–H groups in total. The van der Waals surface area contributed by atoms with Crippen LogP contribution in [-0.2, 0) is 6.42 Å². The van der Waals surface area contributed by atoms with Crippen molar-refractivity contribution in [2.75, 3.05) is 5.73 Å². The first kappa shape index (κ1) is 8.23. The molecule has 0 atom stereocenters. The third kappa shape index (κ3) is 1.03. The number of Topliss-reactive ketones (excluding diaryl/α,β-unsaturated/α-hetero) is 1. The summed E-state index contributed by atoms with van der Waals surface area (Å²) in [5.74, 6) is -0.304. The van der Waals surface area contributed by atoms with Gasteiger partial charge >= 0.3 is 0 Å². The molecule has 68 valence electrons. The van der Waals surface area contributed by atoms with Crippen molar-refractivity contribution in [1.29, 1.82) is 0 Å². The highest BCUT2D eigenvalue weighted by Gasteiger charge is 2.24. The molecule has 1 aromatic rings. The highest BCUT2D eigenvalue weighted by Crippen LogP contribution is 2.29. The molecule has 0 unspecified atom stereocenters. The molecule has 1 aromatic carbocycles. The van der Waals surface area contributed by atoms with E-state index in [0.717, 1.165) is 0 Å². The number of anilines is 1. The Hall–Kier alpha value is -1.38. The van der Waals surface area contributed by atoms with E-state index in [1.807, 2.05) is 0 Å². The summed E-state index contributed by atoms with van der Waals surface area (Å²) >= 11 is 0. The zero-order valence-electron chi connectivity index (χ0n) is 7.36. The van der Waals surface area contributed by atoms with Crippen molar-refractivity contribution in [2.24, 2.45) is 0 Å². The van der Waals surface area contributed by atoms with E-state index in [2.05, 4.69) is 0 Å². The molecule has 2 nitrogen and oxygen atoms in total. The molecule has 13 heavy (non-hydrogen) atoms. The fourth-order valence-electron chi connectivity index (χ4n) is 1.69. The lowest BCUT2D eigenvalue weighted by molar-refractivity contribution is 0.0994. The van der Waals surface area contributed by atoms with Crippen molar-refractivity contribution in [1.82, 2.24) is 0 Å². The molecule has 0 aliphatic heterocycles. The predicted molar refractivity (Wildman–Crippen MR) is 48.2 cm³/mol. The van der Waals surface area contributed by atoms with Crippen LogP contribution in [0, 0.1) is 12.7 Å². The van der Waals surface area contributed by atoms with Crippen LogP contribution in [-0.4, -0.2) is 5.78 Å². The van der Waals surface area contributed by atoms with Gasteiger partial charge in [-0.3, -0.25) is 4.79 Å². The molecular formula is C10H10FNO. The molecule has 2 rings (SSSR count). The van der Waals surface area contributed by atoms with Gasteiger partial charge in [-0.1, -0.05) is 0 Å². The third-order valence-corrected chi connectivity index (χ3v) is 2.55. The van der Waals surface area contributed by atoms with Gasteiger partial charge in [-0.2, -0.15) is 0 Å². The van der Waals surface area contributed by atoms with Gasteiger partial charge < -0.3 is 5.73 Å². The lowest BCUT2D eigenvalue weighted by atomic mass is 10.0. The normalized spacial score (nSPS) is 14.8. The minimum atomic E-state index is -0.305. The summed E-state index contributed by atoms with van der Waals surface area (Å²) in [6.07, 6.45) is 0.927. The standard InChI is InChI=1S/C10H10FNO/c1-5-8(12)4-7-6(10(5)11)2-3-9(7)13/h4H,2-3,12H2,1H3. The van der Waals surface area contributed by atoms with Crippen molar-refractivity contribution in [3.8, 4) is 0 Å². The minimum Gasteiger partial charge on any atom is -0.398 e. The average Bonchev–Trinajstić information content (AvgIpc) is 2.45. The van der Waals surface area contributed by atoms with Gasteiger partial charge in [0.1, 0.15) is 5.82 Å². The maximum Gasteiger partial charge on any atom is 0.163 e. The number of hydrogen-bond donors (Lipinski definition) is 1. The van der Waals surface area contributed by atoms with E-state index < -0.39 is 0 Å². The second-order valence-electron chi connectivity index (χ2n) is 3.35. The number of nitrogens with two attached hydrogens (primary N) is 1. The fourth-order valence-corrected chi connectivity index (χ4v) is 1.69. The summed E-state index contributed by atoms with van der Waals surface area (Å²) in [5, 5.41) is 0. The van der Waals surface area contributed by atoms with Crippen molar-refractivity contribution in [2.45, 2.75) is 19.8 Å². The van der Waals surface area contributed by atoms with Gasteiger partial charge in [0, 0.05) is 23.2 Å². The zero-order valence-corrected chi connectivity index (χ0v) is 7.36. The first-order valence-corrected chi connectivity index (χ1v) is 4.22. The molecular weight excluding hydrogens is 169 g/mol. The van der Waals surface area contributed by atoms with E-state index >= 15 is 0 Å². The van der Waals surface area contributed by atoms with Crippen LogP contribution in [0.5, 0.6) is 0 Å². The van der Waals surface area contributed by atoms with E-state index in [9.17, 15) is 9.18 Å². The number of benzene rings is 1. The quantitative estimate of drug-likeness (QED) is 0.617. The van der Waals surface area contributed by atoms with Crippen LogP contribution >= 0.6 is 0 Å². The van der Waals surface area contributed by atoms with E-state index in [0.29, 0.717) is 35.2 Å². The van der Waals surface area contributed by atoms with Gasteiger partial charge in [0.25, 0.3) is 0 Å². The van der Waals surface area contributed by atoms with Crippen molar-refractivity contribution in [3.63, 3.8) is 0 Å². The highest BCUT2D eigenvalue weighted by molar-refractivity contribution is 6.01. The maximum absolute atomic E-state index is 13.5. The number of hydrogen-bond acceptors (Lipinski definition) is 2. The molecule has 0 aromatic heterocycles. The van der Waals surface area contributed by atoms with E-state index in [1.54, 1.807) is 13.0 Å². The summed E-state index contributed by atoms with van der Waals surface area (Å²) in [6.45, 7) is 1.63. The first-order valence-electron chi connectivity index (χ1n) is 4.22. The Morgan fingerprint density at radius 3 is 2.85 bits per heavy atom. The highest BCUT2D eigenvalue weighted by atomic mass is 19.1. The second kappa shape index (κ2) is 2.55. The Morgan fingerprint density at radius 1 is 1.46 bits per heavy atom. The zero-order chi connectivity index (χ0) is 9.59. The van der Waals surface area contributed by atoms with Crippen molar-refractivity contribution >= 4 is 11.5 Å². The number of fused-ring (bicyclic) bond motifs is 1. The third-order valence-electron chi connectivity index (χ3n) is 2.55. The van der Waals surface area contributed by atoms with E-state index in [-0.39, 0.29) is 11.6 Å². The van der Waals surface area contributed by atoms with Crippen LogP contribution in [0.3, 0.4) is 0 Å².